The van der Waals surface area contributed by atoms with Crippen molar-refractivity contribution in [2.75, 3.05) is 44.6 Å². The Bertz CT molecular complexity index is 711. The van der Waals surface area contributed by atoms with Crippen molar-refractivity contribution in [3.05, 3.63) is 42.7 Å². The van der Waals surface area contributed by atoms with E-state index >= 15 is 0 Å². The maximum Gasteiger partial charge on any atom is 0.241 e. The van der Waals surface area contributed by atoms with Gasteiger partial charge in [0.2, 0.25) is 5.91 Å². The minimum absolute atomic E-state index is 0.102. The maximum absolute atomic E-state index is 12.4. The van der Waals surface area contributed by atoms with Crippen LogP contribution in [-0.2, 0) is 4.79 Å². The molecule has 2 heterocycles. The first-order chi connectivity index (χ1) is 11.8. The van der Waals surface area contributed by atoms with Crippen LogP contribution in [0.15, 0.2) is 42.7 Å². The van der Waals surface area contributed by atoms with Crippen LogP contribution in [0.2, 0.25) is 0 Å². The fourth-order valence-electron chi connectivity index (χ4n) is 2.80. The number of nitrogens with zero attached hydrogens (tertiary/aromatic N) is 4. The molecule has 24 heavy (non-hydrogen) atoms. The Morgan fingerprint density at radius 2 is 2.00 bits per heavy atom. The van der Waals surface area contributed by atoms with E-state index < -0.39 is 0 Å². The summed E-state index contributed by atoms with van der Waals surface area (Å²) >= 11 is 0. The fraction of sp³-hybridized carbons (Fsp3) is 0.333. The molecule has 6 heteroatoms. The monoisotopic (exact) mass is 323 g/mol. The number of hydrogen-bond acceptors (Lipinski definition) is 4. The zero-order chi connectivity index (χ0) is 16.8. The van der Waals surface area contributed by atoms with Crippen LogP contribution in [0.1, 0.15) is 0 Å². The molecule has 1 amide bonds. The topological polar surface area (TPSA) is 53.4 Å². The number of rotatable bonds is 5. The lowest BCUT2D eigenvalue weighted by atomic mass is 10.2. The lowest BCUT2D eigenvalue weighted by molar-refractivity contribution is -0.130. The van der Waals surface area contributed by atoms with E-state index in [1.54, 1.807) is 10.9 Å². The number of aromatic nitrogens is 2. The predicted molar refractivity (Wildman–Crippen MR) is 93.9 cm³/mol. The highest BCUT2D eigenvalue weighted by molar-refractivity contribution is 5.81. The second-order valence-electron chi connectivity index (χ2n) is 5.68. The standard InChI is InChI=1S/C18H21N5O/c1-2-9-21-11-13-22(14-12-21)18(24)15-19-16-6-3-4-7-17(16)23-10-5-8-20-23/h1,3-8,10,19H,9,11-15H2. The summed E-state index contributed by atoms with van der Waals surface area (Å²) in [7, 11) is 0. The highest BCUT2D eigenvalue weighted by atomic mass is 16.2. The van der Waals surface area contributed by atoms with Gasteiger partial charge in [-0.25, -0.2) is 4.68 Å². The summed E-state index contributed by atoms with van der Waals surface area (Å²) in [6.45, 7) is 4.04. The zero-order valence-electron chi connectivity index (χ0n) is 13.6. The SMILES string of the molecule is C#CCN1CCN(C(=O)CNc2ccccc2-n2cccn2)CC1. The molecule has 1 aliphatic rings. The molecule has 3 rings (SSSR count). The van der Waals surface area contributed by atoms with E-state index in [9.17, 15) is 4.79 Å². The Morgan fingerprint density at radius 3 is 2.71 bits per heavy atom. The molecular formula is C18H21N5O. The molecule has 0 radical (unpaired) electrons. The summed E-state index contributed by atoms with van der Waals surface area (Å²) in [6, 6.07) is 9.69. The molecule has 1 N–H and O–H groups in total. The molecule has 1 fully saturated rings. The number of benzene rings is 1. The van der Waals surface area contributed by atoms with Gasteiger partial charge >= 0.3 is 0 Å². The number of amides is 1. The molecule has 0 saturated carbocycles. The Balaban J connectivity index is 1.57. The number of carbonyl (C=O) groups excluding carboxylic acids is 1. The minimum Gasteiger partial charge on any atom is -0.374 e. The number of nitrogens with one attached hydrogen (secondary N) is 1. The van der Waals surface area contributed by atoms with Gasteiger partial charge < -0.3 is 10.2 Å². The van der Waals surface area contributed by atoms with Gasteiger partial charge in [-0.1, -0.05) is 18.1 Å². The molecule has 0 aliphatic carbocycles. The van der Waals surface area contributed by atoms with Gasteiger partial charge in [-0.15, -0.1) is 6.42 Å². The largest absolute Gasteiger partial charge is 0.374 e. The van der Waals surface area contributed by atoms with Crippen LogP contribution < -0.4 is 5.32 Å². The van der Waals surface area contributed by atoms with Crippen molar-refractivity contribution in [3.63, 3.8) is 0 Å². The van der Waals surface area contributed by atoms with Crippen molar-refractivity contribution in [3.8, 4) is 18.0 Å². The Kier molecular flexibility index (Phi) is 5.14. The summed E-state index contributed by atoms with van der Waals surface area (Å²) in [4.78, 5) is 16.5. The van der Waals surface area contributed by atoms with E-state index in [1.165, 1.54) is 0 Å². The van der Waals surface area contributed by atoms with Gasteiger partial charge in [-0.05, 0) is 18.2 Å². The van der Waals surface area contributed by atoms with Gasteiger partial charge in [-0.3, -0.25) is 9.69 Å². The molecular weight excluding hydrogens is 302 g/mol. The summed E-state index contributed by atoms with van der Waals surface area (Å²) < 4.78 is 1.78. The first-order valence-corrected chi connectivity index (χ1v) is 8.04. The number of anilines is 1. The Morgan fingerprint density at radius 1 is 1.21 bits per heavy atom. The molecule has 1 aliphatic heterocycles. The van der Waals surface area contributed by atoms with E-state index in [1.807, 2.05) is 41.4 Å². The molecule has 1 aromatic heterocycles. The summed E-state index contributed by atoms with van der Waals surface area (Å²) in [5.74, 6) is 2.75. The summed E-state index contributed by atoms with van der Waals surface area (Å²) in [6.07, 6.45) is 8.95. The lowest BCUT2D eigenvalue weighted by Gasteiger charge is -2.33. The van der Waals surface area contributed by atoms with Crippen molar-refractivity contribution in [2.45, 2.75) is 0 Å². The predicted octanol–water partition coefficient (Wildman–Crippen LogP) is 1.06. The molecule has 0 atom stereocenters. The quantitative estimate of drug-likeness (QED) is 0.836. The lowest BCUT2D eigenvalue weighted by Crippen LogP contribution is -2.50. The first kappa shape index (κ1) is 16.1. The normalized spacial score (nSPS) is 15.0. The molecule has 0 unspecified atom stereocenters. The van der Waals surface area contributed by atoms with Crippen LogP contribution in [0.3, 0.4) is 0 Å². The van der Waals surface area contributed by atoms with E-state index in [-0.39, 0.29) is 12.5 Å². The second kappa shape index (κ2) is 7.66. The van der Waals surface area contributed by atoms with Crippen molar-refractivity contribution in [1.82, 2.24) is 19.6 Å². The van der Waals surface area contributed by atoms with Gasteiger partial charge in [0, 0.05) is 38.6 Å². The van der Waals surface area contributed by atoms with Crippen LogP contribution in [0.5, 0.6) is 0 Å². The maximum atomic E-state index is 12.4. The van der Waals surface area contributed by atoms with Gasteiger partial charge in [0.15, 0.2) is 0 Å². The van der Waals surface area contributed by atoms with Crippen LogP contribution in [0.25, 0.3) is 5.69 Å². The van der Waals surface area contributed by atoms with E-state index in [0.717, 1.165) is 37.6 Å². The van der Waals surface area contributed by atoms with Crippen LogP contribution in [0, 0.1) is 12.3 Å². The number of hydrogen-bond donors (Lipinski definition) is 1. The fourth-order valence-corrected chi connectivity index (χ4v) is 2.80. The second-order valence-corrected chi connectivity index (χ2v) is 5.68. The summed E-state index contributed by atoms with van der Waals surface area (Å²) in [5.41, 5.74) is 1.81. The minimum atomic E-state index is 0.102. The summed E-state index contributed by atoms with van der Waals surface area (Å²) in [5, 5.41) is 7.49. The zero-order valence-corrected chi connectivity index (χ0v) is 13.6. The highest BCUT2D eigenvalue weighted by Gasteiger charge is 2.20. The molecule has 0 spiro atoms. The molecule has 124 valence electrons. The highest BCUT2D eigenvalue weighted by Crippen LogP contribution is 2.18. The van der Waals surface area contributed by atoms with Crippen molar-refractivity contribution in [1.29, 1.82) is 0 Å². The number of para-hydroxylation sites is 2. The van der Waals surface area contributed by atoms with E-state index in [0.29, 0.717) is 6.54 Å². The van der Waals surface area contributed by atoms with Crippen LogP contribution >= 0.6 is 0 Å². The third-order valence-corrected chi connectivity index (χ3v) is 4.13. The first-order valence-electron chi connectivity index (χ1n) is 8.04. The van der Waals surface area contributed by atoms with Gasteiger partial charge in [0.05, 0.1) is 24.5 Å². The smallest absolute Gasteiger partial charge is 0.241 e. The van der Waals surface area contributed by atoms with Crippen LogP contribution in [-0.4, -0.2) is 64.8 Å². The number of terminal acetylenes is 1. The third kappa shape index (κ3) is 3.76. The number of piperazine rings is 1. The number of carbonyl (C=O) groups is 1. The van der Waals surface area contributed by atoms with Crippen molar-refractivity contribution < 1.29 is 4.79 Å². The average Bonchev–Trinajstić information content (AvgIpc) is 3.15. The van der Waals surface area contributed by atoms with Crippen molar-refractivity contribution in [2.24, 2.45) is 0 Å². The van der Waals surface area contributed by atoms with Gasteiger partial charge in [0.1, 0.15) is 0 Å². The van der Waals surface area contributed by atoms with Crippen LogP contribution in [0.4, 0.5) is 5.69 Å². The third-order valence-electron chi connectivity index (χ3n) is 4.13. The van der Waals surface area contributed by atoms with E-state index in [4.69, 9.17) is 6.42 Å². The van der Waals surface area contributed by atoms with E-state index in [2.05, 4.69) is 21.2 Å². The van der Waals surface area contributed by atoms with Gasteiger partial charge in [-0.2, -0.15) is 5.10 Å². The molecule has 6 nitrogen and oxygen atoms in total. The van der Waals surface area contributed by atoms with Gasteiger partial charge in [0.25, 0.3) is 0 Å². The molecule has 1 saturated heterocycles. The molecule has 1 aromatic carbocycles. The molecule has 0 bridgehead atoms. The molecule has 2 aromatic rings. The Hall–Kier alpha value is -2.78. The average molecular weight is 323 g/mol. The Labute approximate surface area is 142 Å². The van der Waals surface area contributed by atoms with Crippen molar-refractivity contribution >= 4 is 11.6 Å².